The first-order chi connectivity index (χ1) is 4.31. The van der Waals surface area contributed by atoms with Crippen molar-refractivity contribution in [2.75, 3.05) is 6.61 Å². The Morgan fingerprint density at radius 1 is 2.00 bits per heavy atom. The number of carbonyl (C=O) groups is 1. The number of hydrogen-bond donors (Lipinski definition) is 1. The molecule has 6 heteroatoms. The number of ether oxygens (including phenoxy) is 1. The Kier molecular flexibility index (Phi) is 3.99. The summed E-state index contributed by atoms with van der Waals surface area (Å²) in [6.45, 7) is 1.91. The Bertz CT molecular complexity index is 139. The maximum Gasteiger partial charge on any atom is 0.507 e. The van der Waals surface area contributed by atoms with Crippen LogP contribution in [0.2, 0.25) is 0 Å². The number of amides is 1. The molecule has 50 valence electrons. The van der Waals surface area contributed by atoms with Crippen LogP contribution < -0.4 is 5.43 Å². The van der Waals surface area contributed by atoms with Gasteiger partial charge in [0.05, 0.1) is 6.61 Å². The van der Waals surface area contributed by atoms with Crippen molar-refractivity contribution in [2.24, 2.45) is 5.22 Å². The third-order valence-corrected chi connectivity index (χ3v) is 0.461. The molecule has 0 aliphatic rings. The van der Waals surface area contributed by atoms with Crippen LogP contribution in [0.15, 0.2) is 5.22 Å². The lowest BCUT2D eigenvalue weighted by molar-refractivity contribution is 0.152. The summed E-state index contributed by atoms with van der Waals surface area (Å²) in [4.78, 5) is 12.5. The summed E-state index contributed by atoms with van der Waals surface area (Å²) >= 11 is 0. The lowest BCUT2D eigenvalue weighted by Crippen LogP contribution is -2.17. The van der Waals surface area contributed by atoms with Gasteiger partial charge >= 0.3 is 6.09 Å². The SMILES string of the molecule is CCOC(=O)NN=[N+]=[N-]. The first-order valence-electron chi connectivity index (χ1n) is 2.28. The van der Waals surface area contributed by atoms with E-state index >= 15 is 0 Å². The maximum absolute atomic E-state index is 10.2. The number of azide groups is 1. The molecule has 1 amide bonds. The van der Waals surface area contributed by atoms with Crippen molar-refractivity contribution >= 4 is 6.09 Å². The van der Waals surface area contributed by atoms with Gasteiger partial charge in [-0.1, -0.05) is 0 Å². The van der Waals surface area contributed by atoms with E-state index in [4.69, 9.17) is 5.53 Å². The minimum atomic E-state index is -0.740. The molecule has 6 nitrogen and oxygen atoms in total. The molecule has 0 heterocycles. The molecule has 0 atom stereocenters. The van der Waals surface area contributed by atoms with Gasteiger partial charge in [0.25, 0.3) is 0 Å². The second-order valence-electron chi connectivity index (χ2n) is 1.02. The minimum Gasteiger partial charge on any atom is -0.431 e. The normalized spacial score (nSPS) is 7.22. The molecular formula is C3H6N4O2. The lowest BCUT2D eigenvalue weighted by atomic mass is 10.9. The van der Waals surface area contributed by atoms with Crippen LogP contribution in [0.4, 0.5) is 4.79 Å². The summed E-state index contributed by atoms with van der Waals surface area (Å²) in [5, 5.41) is 2.75. The van der Waals surface area contributed by atoms with Gasteiger partial charge in [-0.2, -0.15) is 15.1 Å². The quantitative estimate of drug-likeness (QED) is 0.261. The zero-order chi connectivity index (χ0) is 7.11. The summed E-state index contributed by atoms with van der Waals surface area (Å²) in [6, 6.07) is 0. The lowest BCUT2D eigenvalue weighted by Gasteiger charge is -1.91. The van der Waals surface area contributed by atoms with Gasteiger partial charge in [-0.3, -0.25) is 0 Å². The molecule has 0 aromatic heterocycles. The number of nitrogens with one attached hydrogen (secondary N) is 1. The van der Waals surface area contributed by atoms with Crippen molar-refractivity contribution < 1.29 is 9.53 Å². The number of nitrogens with zero attached hydrogens (tertiary/aromatic N) is 3. The van der Waals surface area contributed by atoms with Gasteiger partial charge in [-0.25, -0.2) is 0 Å². The highest BCUT2D eigenvalue weighted by Gasteiger charge is 1.98. The van der Waals surface area contributed by atoms with E-state index in [1.807, 2.05) is 0 Å². The van der Waals surface area contributed by atoms with E-state index in [0.717, 1.165) is 0 Å². The number of rotatable bonds is 2. The van der Waals surface area contributed by atoms with Crippen LogP contribution in [0.5, 0.6) is 0 Å². The Balaban J connectivity index is 3.38. The Hall–Kier alpha value is -1.42. The van der Waals surface area contributed by atoms with Crippen LogP contribution in [0, 0.1) is 0 Å². The molecule has 0 aromatic carbocycles. The molecule has 0 saturated carbocycles. The molecule has 0 bridgehead atoms. The Labute approximate surface area is 51.4 Å². The fourth-order valence-electron chi connectivity index (χ4n) is 0.227. The molecule has 0 unspecified atom stereocenters. The third-order valence-electron chi connectivity index (χ3n) is 0.461. The highest BCUT2D eigenvalue weighted by molar-refractivity contribution is 5.66. The van der Waals surface area contributed by atoms with E-state index in [-0.39, 0.29) is 6.61 Å². The van der Waals surface area contributed by atoms with Crippen molar-refractivity contribution in [1.82, 2.24) is 5.43 Å². The highest BCUT2D eigenvalue weighted by Crippen LogP contribution is 1.74. The van der Waals surface area contributed by atoms with E-state index in [2.05, 4.69) is 14.9 Å². The number of hydrogen-bond acceptors (Lipinski definition) is 3. The van der Waals surface area contributed by atoms with Gasteiger partial charge in [0.1, 0.15) is 0 Å². The zero-order valence-corrected chi connectivity index (χ0v) is 4.87. The standard InChI is InChI=1S/C3H6N4O2/c1-2-9-3(8)5-7-6-4/h2H2,1H3,(H,5,8). The van der Waals surface area contributed by atoms with E-state index in [1.54, 1.807) is 12.3 Å². The average Bonchev–Trinajstić information content (AvgIpc) is 1.85. The Morgan fingerprint density at radius 2 is 2.67 bits per heavy atom. The van der Waals surface area contributed by atoms with Crippen LogP contribution in [-0.2, 0) is 4.74 Å². The van der Waals surface area contributed by atoms with Gasteiger partial charge < -0.3 is 4.74 Å². The van der Waals surface area contributed by atoms with Crippen molar-refractivity contribution in [3.05, 3.63) is 10.4 Å². The van der Waals surface area contributed by atoms with Gasteiger partial charge in [0, 0.05) is 0 Å². The fourth-order valence-corrected chi connectivity index (χ4v) is 0.227. The van der Waals surface area contributed by atoms with Gasteiger partial charge in [-0.05, 0) is 12.1 Å². The average molecular weight is 130 g/mol. The summed E-state index contributed by atoms with van der Waals surface area (Å²) in [5.74, 6) is 0. The number of carbonyl (C=O) groups excluding carboxylic acids is 1. The zero-order valence-electron chi connectivity index (χ0n) is 4.87. The van der Waals surface area contributed by atoms with Crippen LogP contribution in [0.1, 0.15) is 6.92 Å². The largest absolute Gasteiger partial charge is 0.507 e. The Morgan fingerprint density at radius 3 is 3.11 bits per heavy atom. The van der Waals surface area contributed by atoms with Gasteiger partial charge in [0.15, 0.2) is 0 Å². The van der Waals surface area contributed by atoms with E-state index in [0.29, 0.717) is 0 Å². The van der Waals surface area contributed by atoms with E-state index in [9.17, 15) is 4.79 Å². The van der Waals surface area contributed by atoms with Crippen LogP contribution in [0.25, 0.3) is 10.4 Å². The van der Waals surface area contributed by atoms with Crippen molar-refractivity contribution in [3.63, 3.8) is 0 Å². The second kappa shape index (κ2) is 4.73. The molecule has 0 saturated heterocycles. The second-order valence-corrected chi connectivity index (χ2v) is 1.02. The van der Waals surface area contributed by atoms with Crippen molar-refractivity contribution in [2.45, 2.75) is 6.92 Å². The van der Waals surface area contributed by atoms with E-state index < -0.39 is 6.09 Å². The summed E-state index contributed by atoms with van der Waals surface area (Å²) in [7, 11) is 0. The predicted molar refractivity (Wildman–Crippen MR) is 29.3 cm³/mol. The topological polar surface area (TPSA) is 87.1 Å². The molecule has 9 heavy (non-hydrogen) atoms. The summed E-state index contributed by atoms with van der Waals surface area (Å²) < 4.78 is 4.33. The van der Waals surface area contributed by atoms with Crippen molar-refractivity contribution in [3.8, 4) is 0 Å². The molecule has 0 aromatic rings. The van der Waals surface area contributed by atoms with Gasteiger partial charge in [0.2, 0.25) is 0 Å². The molecule has 0 fully saturated rings. The molecule has 0 spiro atoms. The van der Waals surface area contributed by atoms with Crippen LogP contribution in [-0.4, -0.2) is 12.7 Å². The summed E-state index contributed by atoms with van der Waals surface area (Å²) in [6.07, 6.45) is -0.740. The molecule has 0 radical (unpaired) electrons. The molecular weight excluding hydrogens is 124 g/mol. The molecule has 0 aliphatic heterocycles. The first kappa shape index (κ1) is 7.58. The van der Waals surface area contributed by atoms with Crippen LogP contribution >= 0.6 is 0 Å². The monoisotopic (exact) mass is 130 g/mol. The van der Waals surface area contributed by atoms with Gasteiger partial charge in [-0.15, -0.1) is 5.53 Å². The smallest absolute Gasteiger partial charge is 0.431 e. The summed E-state index contributed by atoms with van der Waals surface area (Å²) in [5.41, 5.74) is 9.45. The first-order valence-corrected chi connectivity index (χ1v) is 2.28. The predicted octanol–water partition coefficient (Wildman–Crippen LogP) is 0.958. The third kappa shape index (κ3) is 4.43. The highest BCUT2D eigenvalue weighted by atomic mass is 16.5. The molecule has 0 rings (SSSR count). The van der Waals surface area contributed by atoms with E-state index in [1.165, 1.54) is 0 Å². The minimum absolute atomic E-state index is 0.257. The maximum atomic E-state index is 10.2. The molecule has 1 N–H and O–H groups in total. The molecule has 0 aliphatic carbocycles. The fraction of sp³-hybridized carbons (Fsp3) is 0.667. The van der Waals surface area contributed by atoms with Crippen molar-refractivity contribution in [1.29, 1.82) is 0 Å². The van der Waals surface area contributed by atoms with Crippen LogP contribution in [0.3, 0.4) is 0 Å².